The van der Waals surface area contributed by atoms with E-state index in [1.807, 2.05) is 36.4 Å². The van der Waals surface area contributed by atoms with Crippen molar-refractivity contribution in [3.8, 4) is 5.75 Å². The molecule has 0 aliphatic carbocycles. The maximum Gasteiger partial charge on any atom is 0.335 e. The molecule has 0 spiro atoms. The largest absolute Gasteiger partial charge is 0.508 e. The first-order chi connectivity index (χ1) is 15.5. The van der Waals surface area contributed by atoms with Gasteiger partial charge >= 0.3 is 6.03 Å². The second-order valence-corrected chi connectivity index (χ2v) is 7.98. The monoisotopic (exact) mass is 463 g/mol. The highest BCUT2D eigenvalue weighted by Crippen LogP contribution is 2.36. The summed E-state index contributed by atoms with van der Waals surface area (Å²) in [4.78, 5) is 12.7. The number of phenolic OH excluding ortho intramolecular Hbond substituents is 1. The van der Waals surface area contributed by atoms with Gasteiger partial charge in [-0.1, -0.05) is 77.8 Å². The molecule has 5 nitrogen and oxygen atoms in total. The van der Waals surface area contributed by atoms with Gasteiger partial charge in [-0.3, -0.25) is 0 Å². The van der Waals surface area contributed by atoms with Crippen molar-refractivity contribution in [3.63, 3.8) is 0 Å². The Labute approximate surface area is 195 Å². The Morgan fingerprint density at radius 1 is 0.906 bits per heavy atom. The third-order valence-corrected chi connectivity index (χ3v) is 5.43. The summed E-state index contributed by atoms with van der Waals surface area (Å²) >= 11 is 12.1. The van der Waals surface area contributed by atoms with E-state index < -0.39 is 12.1 Å². The summed E-state index contributed by atoms with van der Waals surface area (Å²) in [6, 6.07) is 24.1. The summed E-state index contributed by atoms with van der Waals surface area (Å²) in [7, 11) is 0. The number of hydrogen-bond acceptors (Lipinski definition) is 3. The van der Waals surface area contributed by atoms with E-state index in [1.165, 1.54) is 6.21 Å². The number of hydrazone groups is 1. The SMILES string of the molecule is O=C(N/N=C/c1ccc(Cl)cc1)NC(c1cccc(Cl)c1)c1c(O)ccc2ccccc12. The molecule has 3 N–H and O–H groups in total. The third kappa shape index (κ3) is 5.02. The summed E-state index contributed by atoms with van der Waals surface area (Å²) in [5, 5.41) is 20.5. The maximum atomic E-state index is 12.7. The van der Waals surface area contributed by atoms with E-state index >= 15 is 0 Å². The minimum Gasteiger partial charge on any atom is -0.508 e. The van der Waals surface area contributed by atoms with Crippen LogP contribution in [0.5, 0.6) is 5.75 Å². The first-order valence-corrected chi connectivity index (χ1v) is 10.6. The van der Waals surface area contributed by atoms with Gasteiger partial charge in [0.2, 0.25) is 0 Å². The van der Waals surface area contributed by atoms with Crippen LogP contribution in [0.15, 0.2) is 90.0 Å². The molecule has 0 saturated heterocycles. The maximum absolute atomic E-state index is 12.7. The molecule has 0 radical (unpaired) electrons. The molecule has 4 rings (SSSR count). The summed E-state index contributed by atoms with van der Waals surface area (Å²) in [6.07, 6.45) is 1.51. The molecule has 160 valence electrons. The molecule has 4 aromatic rings. The Kier molecular flexibility index (Phi) is 6.59. The van der Waals surface area contributed by atoms with Crippen LogP contribution in [0.4, 0.5) is 4.79 Å². The van der Waals surface area contributed by atoms with Gasteiger partial charge in [0, 0.05) is 15.6 Å². The number of halogens is 2. The molecule has 0 aromatic heterocycles. The Bertz CT molecular complexity index is 1290. The van der Waals surface area contributed by atoms with Crippen molar-refractivity contribution < 1.29 is 9.90 Å². The fourth-order valence-corrected chi connectivity index (χ4v) is 3.80. The Balaban J connectivity index is 1.65. The Morgan fingerprint density at radius 2 is 1.69 bits per heavy atom. The van der Waals surface area contributed by atoms with Gasteiger partial charge in [-0.05, 0) is 52.2 Å². The fraction of sp³-hybridized carbons (Fsp3) is 0.0400. The molecule has 4 aromatic carbocycles. The number of fused-ring (bicyclic) bond motifs is 1. The van der Waals surface area contributed by atoms with Crippen molar-refractivity contribution in [1.82, 2.24) is 10.7 Å². The van der Waals surface area contributed by atoms with Crippen molar-refractivity contribution in [2.45, 2.75) is 6.04 Å². The van der Waals surface area contributed by atoms with Crippen LogP contribution in [0.1, 0.15) is 22.7 Å². The molecular weight excluding hydrogens is 445 g/mol. The van der Waals surface area contributed by atoms with Crippen molar-refractivity contribution in [2.24, 2.45) is 5.10 Å². The van der Waals surface area contributed by atoms with Crippen LogP contribution < -0.4 is 10.7 Å². The van der Waals surface area contributed by atoms with Crippen LogP contribution in [0.25, 0.3) is 10.8 Å². The number of carbonyl (C=O) groups is 1. The zero-order valence-electron chi connectivity index (χ0n) is 16.8. The number of phenols is 1. The van der Waals surface area contributed by atoms with Gasteiger partial charge in [-0.2, -0.15) is 5.10 Å². The molecule has 2 amide bonds. The highest BCUT2D eigenvalue weighted by Gasteiger charge is 2.22. The lowest BCUT2D eigenvalue weighted by Crippen LogP contribution is -2.36. The smallest absolute Gasteiger partial charge is 0.335 e. The third-order valence-electron chi connectivity index (χ3n) is 4.94. The number of rotatable bonds is 5. The molecule has 1 unspecified atom stereocenters. The fourth-order valence-electron chi connectivity index (χ4n) is 3.47. The number of benzene rings is 4. The average Bonchev–Trinajstić information content (AvgIpc) is 2.79. The quantitative estimate of drug-likeness (QED) is 0.240. The zero-order valence-corrected chi connectivity index (χ0v) is 18.3. The molecule has 32 heavy (non-hydrogen) atoms. The van der Waals surface area contributed by atoms with Crippen molar-refractivity contribution in [1.29, 1.82) is 0 Å². The molecule has 0 aliphatic rings. The molecule has 0 heterocycles. The second-order valence-electron chi connectivity index (χ2n) is 7.10. The van der Waals surface area contributed by atoms with Crippen LogP contribution in [-0.2, 0) is 0 Å². The van der Waals surface area contributed by atoms with E-state index in [4.69, 9.17) is 23.2 Å². The molecule has 0 fully saturated rings. The van der Waals surface area contributed by atoms with Crippen LogP contribution in [0.2, 0.25) is 10.0 Å². The summed E-state index contributed by atoms with van der Waals surface area (Å²) in [5.41, 5.74) is 4.55. The Morgan fingerprint density at radius 3 is 2.47 bits per heavy atom. The summed E-state index contributed by atoms with van der Waals surface area (Å²) < 4.78 is 0. The van der Waals surface area contributed by atoms with Gasteiger partial charge in [0.05, 0.1) is 12.3 Å². The van der Waals surface area contributed by atoms with E-state index in [-0.39, 0.29) is 5.75 Å². The van der Waals surface area contributed by atoms with Crippen LogP contribution >= 0.6 is 23.2 Å². The lowest BCUT2D eigenvalue weighted by molar-refractivity contribution is 0.239. The number of urea groups is 1. The molecule has 1 atom stereocenters. The van der Waals surface area contributed by atoms with E-state index in [2.05, 4.69) is 15.8 Å². The highest BCUT2D eigenvalue weighted by molar-refractivity contribution is 6.30. The number of hydrogen-bond donors (Lipinski definition) is 3. The predicted octanol–water partition coefficient (Wildman–Crippen LogP) is 6.27. The van der Waals surface area contributed by atoms with Gasteiger partial charge in [0.15, 0.2) is 0 Å². The highest BCUT2D eigenvalue weighted by atomic mass is 35.5. The lowest BCUT2D eigenvalue weighted by Gasteiger charge is -2.22. The van der Waals surface area contributed by atoms with Crippen LogP contribution in [-0.4, -0.2) is 17.4 Å². The van der Waals surface area contributed by atoms with E-state index in [1.54, 1.807) is 48.5 Å². The summed E-state index contributed by atoms with van der Waals surface area (Å²) in [6.45, 7) is 0. The lowest BCUT2D eigenvalue weighted by atomic mass is 9.93. The molecule has 0 bridgehead atoms. The zero-order chi connectivity index (χ0) is 22.5. The first kappa shape index (κ1) is 21.7. The van der Waals surface area contributed by atoms with Crippen LogP contribution in [0, 0.1) is 0 Å². The first-order valence-electron chi connectivity index (χ1n) is 9.82. The molecular formula is C25H19Cl2N3O2. The number of nitrogens with one attached hydrogen (secondary N) is 2. The van der Waals surface area contributed by atoms with E-state index in [0.29, 0.717) is 15.6 Å². The molecule has 0 saturated carbocycles. The minimum absolute atomic E-state index is 0.0682. The normalized spacial score (nSPS) is 12.1. The van der Waals surface area contributed by atoms with Crippen LogP contribution in [0.3, 0.4) is 0 Å². The predicted molar refractivity (Wildman–Crippen MR) is 130 cm³/mol. The molecule has 7 heteroatoms. The van der Waals surface area contributed by atoms with Crippen molar-refractivity contribution >= 4 is 46.2 Å². The van der Waals surface area contributed by atoms with Gasteiger partial charge in [-0.25, -0.2) is 10.2 Å². The van der Waals surface area contributed by atoms with Crippen molar-refractivity contribution in [2.75, 3.05) is 0 Å². The number of nitrogens with zero attached hydrogens (tertiary/aromatic N) is 1. The van der Waals surface area contributed by atoms with Gasteiger partial charge in [0.1, 0.15) is 5.75 Å². The van der Waals surface area contributed by atoms with E-state index in [9.17, 15) is 9.90 Å². The summed E-state index contributed by atoms with van der Waals surface area (Å²) in [5.74, 6) is 0.0682. The van der Waals surface area contributed by atoms with Gasteiger partial charge in [0.25, 0.3) is 0 Å². The molecule has 0 aliphatic heterocycles. The van der Waals surface area contributed by atoms with Gasteiger partial charge in [-0.15, -0.1) is 0 Å². The minimum atomic E-state index is -0.662. The Hall–Kier alpha value is -3.54. The second kappa shape index (κ2) is 9.73. The number of carbonyl (C=O) groups excluding carboxylic acids is 1. The average molecular weight is 464 g/mol. The standard InChI is InChI=1S/C25H19Cl2N3O2/c26-19-11-8-16(9-12-19)15-28-30-25(32)29-24(18-5-3-6-20(27)14-18)23-21-7-2-1-4-17(21)10-13-22(23)31/h1-15,24,31H,(H2,29,30,32)/b28-15+. The van der Waals surface area contributed by atoms with Gasteiger partial charge < -0.3 is 10.4 Å². The number of aromatic hydroxyl groups is 1. The van der Waals surface area contributed by atoms with Crippen molar-refractivity contribution in [3.05, 3.63) is 112 Å². The van der Waals surface area contributed by atoms with E-state index in [0.717, 1.165) is 21.9 Å². The number of amides is 2. The topological polar surface area (TPSA) is 73.7 Å².